The minimum absolute atomic E-state index is 0.209. The van der Waals surface area contributed by atoms with Gasteiger partial charge in [0.15, 0.2) is 6.79 Å². The summed E-state index contributed by atoms with van der Waals surface area (Å²) in [7, 11) is 1.58. The molecule has 0 saturated heterocycles. The number of rotatable bonds is 6. The minimum Gasteiger partial charge on any atom is -0.508 e. The van der Waals surface area contributed by atoms with Crippen LogP contribution in [0.15, 0.2) is 24.8 Å². The summed E-state index contributed by atoms with van der Waals surface area (Å²) in [6.07, 6.45) is 2.67. The van der Waals surface area contributed by atoms with E-state index < -0.39 is 0 Å². The number of phenolic OH excluding ortho intramolecular Hbond substituents is 1. The molecule has 0 heterocycles. The molecule has 0 unspecified atom stereocenters. The van der Waals surface area contributed by atoms with Gasteiger partial charge in [-0.25, -0.2) is 0 Å². The fraction of sp³-hybridized carbons (Fsp3) is 0.429. The molecular weight excluding hydrogens is 216 g/mol. The van der Waals surface area contributed by atoms with Crippen molar-refractivity contribution in [2.45, 2.75) is 26.2 Å². The summed E-state index contributed by atoms with van der Waals surface area (Å²) >= 11 is 0. The highest BCUT2D eigenvalue weighted by molar-refractivity contribution is 5.46. The number of aromatic hydroxyl groups is 1. The van der Waals surface area contributed by atoms with Crippen molar-refractivity contribution in [2.75, 3.05) is 13.9 Å². The molecule has 0 aromatic heterocycles. The molecule has 0 radical (unpaired) electrons. The summed E-state index contributed by atoms with van der Waals surface area (Å²) in [5.74, 6) is 1.27. The Morgan fingerprint density at radius 1 is 1.47 bits per heavy atom. The zero-order valence-electron chi connectivity index (χ0n) is 10.7. The number of benzene rings is 1. The van der Waals surface area contributed by atoms with Crippen molar-refractivity contribution in [3.05, 3.63) is 35.9 Å². The van der Waals surface area contributed by atoms with Gasteiger partial charge in [0.05, 0.1) is 0 Å². The summed E-state index contributed by atoms with van der Waals surface area (Å²) in [5, 5.41) is 9.92. The van der Waals surface area contributed by atoms with Gasteiger partial charge in [-0.2, -0.15) is 0 Å². The van der Waals surface area contributed by atoms with Gasteiger partial charge in [0, 0.05) is 12.7 Å². The fourth-order valence-electron chi connectivity index (χ4n) is 1.74. The maximum absolute atomic E-state index is 9.92. The van der Waals surface area contributed by atoms with Gasteiger partial charge in [-0.3, -0.25) is 0 Å². The zero-order valence-corrected chi connectivity index (χ0v) is 10.7. The maximum atomic E-state index is 9.92. The monoisotopic (exact) mass is 236 g/mol. The van der Waals surface area contributed by atoms with Crippen molar-refractivity contribution < 1.29 is 14.6 Å². The lowest BCUT2D eigenvalue weighted by molar-refractivity contribution is 0.0505. The van der Waals surface area contributed by atoms with Crippen LogP contribution in [0.4, 0.5) is 0 Å². The molecule has 0 saturated carbocycles. The molecule has 1 atom stereocenters. The molecule has 1 N–H and O–H groups in total. The molecular formula is C14H20O3. The van der Waals surface area contributed by atoms with Gasteiger partial charge >= 0.3 is 0 Å². The summed E-state index contributed by atoms with van der Waals surface area (Å²) in [6.45, 7) is 7.87. The molecule has 0 bridgehead atoms. The van der Waals surface area contributed by atoms with Gasteiger partial charge in [-0.15, -0.1) is 6.58 Å². The van der Waals surface area contributed by atoms with E-state index in [9.17, 15) is 5.11 Å². The van der Waals surface area contributed by atoms with Crippen LogP contribution in [0.2, 0.25) is 0 Å². The third kappa shape index (κ3) is 3.49. The van der Waals surface area contributed by atoms with Crippen LogP contribution in [-0.4, -0.2) is 19.0 Å². The number of hydrogen-bond donors (Lipinski definition) is 1. The smallest absolute Gasteiger partial charge is 0.188 e. The first-order chi connectivity index (χ1) is 8.10. The van der Waals surface area contributed by atoms with Gasteiger partial charge in [0.2, 0.25) is 0 Å². The summed E-state index contributed by atoms with van der Waals surface area (Å²) in [4.78, 5) is 0. The molecule has 17 heavy (non-hydrogen) atoms. The predicted molar refractivity (Wildman–Crippen MR) is 68.6 cm³/mol. The Morgan fingerprint density at radius 3 is 2.76 bits per heavy atom. The molecule has 1 aromatic rings. The van der Waals surface area contributed by atoms with E-state index in [-0.39, 0.29) is 12.7 Å². The second kappa shape index (κ2) is 6.30. The van der Waals surface area contributed by atoms with Crippen LogP contribution in [0.1, 0.15) is 30.4 Å². The van der Waals surface area contributed by atoms with Crippen LogP contribution >= 0.6 is 0 Å². The molecule has 1 aromatic carbocycles. The molecule has 3 heteroatoms. The van der Waals surface area contributed by atoms with Crippen LogP contribution in [0.5, 0.6) is 11.5 Å². The molecule has 0 aliphatic heterocycles. The minimum atomic E-state index is 0.209. The third-order valence-corrected chi connectivity index (χ3v) is 2.71. The molecule has 3 nitrogen and oxygen atoms in total. The van der Waals surface area contributed by atoms with E-state index in [2.05, 4.69) is 6.58 Å². The van der Waals surface area contributed by atoms with E-state index >= 15 is 0 Å². The standard InChI is InChI=1S/C14H20O3/c1-5-6-10(2)12-8-14(17-9-16-4)11(3)7-13(12)15/h5,7-8,10,15H,1,6,9H2,2-4H3/t10-/m1/s1. The quantitative estimate of drug-likeness (QED) is 0.608. The molecule has 0 amide bonds. The molecule has 0 aliphatic carbocycles. The van der Waals surface area contributed by atoms with E-state index in [0.29, 0.717) is 5.75 Å². The van der Waals surface area contributed by atoms with Gasteiger partial charge in [0.25, 0.3) is 0 Å². The second-order valence-corrected chi connectivity index (χ2v) is 4.15. The Balaban J connectivity index is 3.00. The summed E-state index contributed by atoms with van der Waals surface area (Å²) in [5.41, 5.74) is 1.77. The van der Waals surface area contributed by atoms with Crippen LogP contribution in [-0.2, 0) is 4.74 Å². The number of hydrogen-bond acceptors (Lipinski definition) is 3. The highest BCUT2D eigenvalue weighted by Gasteiger charge is 2.12. The van der Waals surface area contributed by atoms with Crippen molar-refractivity contribution in [3.8, 4) is 11.5 Å². The SMILES string of the molecule is C=CC[C@@H](C)c1cc(OCOC)c(C)cc1O. The first-order valence-corrected chi connectivity index (χ1v) is 5.66. The lowest BCUT2D eigenvalue weighted by Gasteiger charge is -2.15. The number of methoxy groups -OCH3 is 1. The van der Waals surface area contributed by atoms with Crippen molar-refractivity contribution in [1.82, 2.24) is 0 Å². The van der Waals surface area contributed by atoms with Gasteiger partial charge in [0.1, 0.15) is 11.5 Å². The normalized spacial score (nSPS) is 12.2. The molecule has 0 spiro atoms. The van der Waals surface area contributed by atoms with E-state index in [1.54, 1.807) is 13.2 Å². The Bertz CT molecular complexity index is 385. The van der Waals surface area contributed by atoms with Crippen LogP contribution < -0.4 is 4.74 Å². The zero-order chi connectivity index (χ0) is 12.8. The highest BCUT2D eigenvalue weighted by atomic mass is 16.7. The number of aryl methyl sites for hydroxylation is 1. The van der Waals surface area contributed by atoms with E-state index in [4.69, 9.17) is 9.47 Å². The molecule has 0 fully saturated rings. The van der Waals surface area contributed by atoms with Crippen LogP contribution in [0, 0.1) is 6.92 Å². The fourth-order valence-corrected chi connectivity index (χ4v) is 1.74. The summed E-state index contributed by atoms with van der Waals surface area (Å²) < 4.78 is 10.3. The third-order valence-electron chi connectivity index (χ3n) is 2.71. The lowest BCUT2D eigenvalue weighted by Crippen LogP contribution is -2.02. The lowest BCUT2D eigenvalue weighted by atomic mass is 9.95. The maximum Gasteiger partial charge on any atom is 0.188 e. The van der Waals surface area contributed by atoms with Crippen molar-refractivity contribution in [2.24, 2.45) is 0 Å². The van der Waals surface area contributed by atoms with Crippen LogP contribution in [0.3, 0.4) is 0 Å². The predicted octanol–water partition coefficient (Wildman–Crippen LogP) is 3.36. The largest absolute Gasteiger partial charge is 0.508 e. The van der Waals surface area contributed by atoms with Crippen LogP contribution in [0.25, 0.3) is 0 Å². The van der Waals surface area contributed by atoms with E-state index in [1.165, 1.54) is 0 Å². The van der Waals surface area contributed by atoms with Gasteiger partial charge in [-0.1, -0.05) is 13.0 Å². The number of phenols is 1. The van der Waals surface area contributed by atoms with E-state index in [0.717, 1.165) is 23.3 Å². The Morgan fingerprint density at radius 2 is 2.18 bits per heavy atom. The highest BCUT2D eigenvalue weighted by Crippen LogP contribution is 2.34. The van der Waals surface area contributed by atoms with Crippen molar-refractivity contribution >= 4 is 0 Å². The second-order valence-electron chi connectivity index (χ2n) is 4.15. The Hall–Kier alpha value is -1.48. The first kappa shape index (κ1) is 13.6. The Labute approximate surface area is 103 Å². The average Bonchev–Trinajstić information content (AvgIpc) is 2.28. The van der Waals surface area contributed by atoms with Crippen molar-refractivity contribution in [1.29, 1.82) is 0 Å². The average molecular weight is 236 g/mol. The van der Waals surface area contributed by atoms with Crippen molar-refractivity contribution in [3.63, 3.8) is 0 Å². The van der Waals surface area contributed by atoms with Gasteiger partial charge < -0.3 is 14.6 Å². The number of ether oxygens (including phenoxy) is 2. The first-order valence-electron chi connectivity index (χ1n) is 5.66. The number of allylic oxidation sites excluding steroid dienone is 1. The molecule has 94 valence electrons. The summed E-state index contributed by atoms with van der Waals surface area (Å²) in [6, 6.07) is 3.60. The molecule has 0 aliphatic rings. The molecule has 1 rings (SSSR count). The topological polar surface area (TPSA) is 38.7 Å². The van der Waals surface area contributed by atoms with Gasteiger partial charge in [-0.05, 0) is 37.0 Å². The Kier molecular flexibility index (Phi) is 5.04. The van der Waals surface area contributed by atoms with E-state index in [1.807, 2.05) is 26.0 Å².